The third-order valence-electron chi connectivity index (χ3n) is 7.37. The molecular formula is C28H49N7O5. The van der Waals surface area contributed by atoms with Crippen molar-refractivity contribution in [3.05, 3.63) is 10.1 Å². The predicted molar refractivity (Wildman–Crippen MR) is 153 cm³/mol. The summed E-state index contributed by atoms with van der Waals surface area (Å²) in [6.45, 7) is 4.15. The van der Waals surface area contributed by atoms with Crippen molar-refractivity contribution in [2.75, 3.05) is 6.54 Å². The van der Waals surface area contributed by atoms with E-state index in [9.17, 15) is 24.5 Å². The van der Waals surface area contributed by atoms with Crippen molar-refractivity contribution in [2.24, 2.45) is 28.6 Å². The maximum atomic E-state index is 13.6. The highest BCUT2D eigenvalue weighted by Crippen LogP contribution is 2.34. The zero-order chi connectivity index (χ0) is 29.8. The Morgan fingerprint density at radius 3 is 2.30 bits per heavy atom. The van der Waals surface area contributed by atoms with E-state index in [1.165, 1.54) is 0 Å². The fraction of sp³-hybridized carbons (Fsp3) is 0.821. The molecule has 0 aromatic rings. The van der Waals surface area contributed by atoms with Gasteiger partial charge in [0.15, 0.2) is 5.03 Å². The number of rotatable bonds is 21. The number of guanidine groups is 1. The lowest BCUT2D eigenvalue weighted by Crippen LogP contribution is -2.52. The van der Waals surface area contributed by atoms with Crippen LogP contribution in [0.3, 0.4) is 0 Å². The third-order valence-corrected chi connectivity index (χ3v) is 7.37. The first-order valence-electron chi connectivity index (χ1n) is 14.8. The summed E-state index contributed by atoms with van der Waals surface area (Å²) in [6, 6.07) is 0.680. The summed E-state index contributed by atoms with van der Waals surface area (Å²) in [6.07, 6.45) is 13.6. The van der Waals surface area contributed by atoms with Gasteiger partial charge in [-0.05, 0) is 56.8 Å². The molecule has 226 valence electrons. The van der Waals surface area contributed by atoms with Gasteiger partial charge in [-0.15, -0.1) is 0 Å². The number of unbranched alkanes of at least 4 members (excludes halogenated alkanes) is 6. The molecule has 5 N–H and O–H groups in total. The fourth-order valence-electron chi connectivity index (χ4n) is 5.35. The van der Waals surface area contributed by atoms with Crippen LogP contribution in [0.1, 0.15) is 110 Å². The van der Waals surface area contributed by atoms with E-state index >= 15 is 0 Å². The van der Waals surface area contributed by atoms with E-state index < -0.39 is 23.0 Å². The highest BCUT2D eigenvalue weighted by Gasteiger charge is 2.33. The van der Waals surface area contributed by atoms with Gasteiger partial charge in [-0.1, -0.05) is 58.8 Å². The van der Waals surface area contributed by atoms with Crippen LogP contribution in [0.2, 0.25) is 0 Å². The van der Waals surface area contributed by atoms with Crippen molar-refractivity contribution < 1.29 is 19.4 Å². The Hall–Kier alpha value is -3.23. The number of hydrazone groups is 1. The molecule has 0 radical (unpaired) electrons. The third kappa shape index (κ3) is 15.4. The molecule has 1 aliphatic carbocycles. The minimum atomic E-state index is -0.898. The number of hydrogen-bond acceptors (Lipinski definition) is 6. The van der Waals surface area contributed by atoms with Crippen molar-refractivity contribution in [2.45, 2.75) is 122 Å². The minimum absolute atomic E-state index is 0.130. The van der Waals surface area contributed by atoms with Crippen LogP contribution in [-0.4, -0.2) is 47.7 Å². The molecule has 12 heteroatoms. The Balaban J connectivity index is 2.82. The van der Waals surface area contributed by atoms with Gasteiger partial charge >= 0.3 is 0 Å². The average Bonchev–Trinajstić information content (AvgIpc) is 3.42. The molecule has 0 aromatic heterocycles. The Kier molecular flexibility index (Phi) is 18.0. The smallest absolute Gasteiger partial charge is 0.266 e. The van der Waals surface area contributed by atoms with Gasteiger partial charge in [-0.2, -0.15) is 5.26 Å². The summed E-state index contributed by atoms with van der Waals surface area (Å²) in [4.78, 5) is 48.8. The number of nitrogens with zero attached hydrogens (tertiary/aromatic N) is 3. The van der Waals surface area contributed by atoms with Crippen molar-refractivity contribution in [1.82, 2.24) is 16.0 Å². The number of nitro groups is 1. The van der Waals surface area contributed by atoms with E-state index in [0.717, 1.165) is 76.9 Å². The van der Waals surface area contributed by atoms with Crippen LogP contribution in [0, 0.1) is 39.2 Å². The number of nitrogens with two attached hydrogens (primary N) is 1. The van der Waals surface area contributed by atoms with Gasteiger partial charge in [0.05, 0.1) is 12.1 Å². The van der Waals surface area contributed by atoms with E-state index in [0.29, 0.717) is 25.2 Å². The van der Waals surface area contributed by atoms with Crippen LogP contribution < -0.4 is 21.7 Å². The lowest BCUT2D eigenvalue weighted by atomic mass is 9.85. The summed E-state index contributed by atoms with van der Waals surface area (Å²) in [7, 11) is 0. The number of carbonyl (C=O) groups is 3. The Labute approximate surface area is 238 Å². The van der Waals surface area contributed by atoms with Crippen molar-refractivity contribution in [3.63, 3.8) is 0 Å². The first kappa shape index (κ1) is 34.8. The molecule has 3 atom stereocenters. The number of aldehydes is 1. The molecule has 0 aliphatic heterocycles. The van der Waals surface area contributed by atoms with Gasteiger partial charge in [0.25, 0.3) is 5.96 Å². The number of amides is 2. The number of nitriles is 1. The van der Waals surface area contributed by atoms with E-state index in [-0.39, 0.29) is 36.7 Å². The van der Waals surface area contributed by atoms with Gasteiger partial charge in [-0.25, -0.2) is 10.1 Å². The number of nitrogens with one attached hydrogen (secondary N) is 3. The highest BCUT2D eigenvalue weighted by molar-refractivity contribution is 5.89. The molecule has 40 heavy (non-hydrogen) atoms. The zero-order valence-electron chi connectivity index (χ0n) is 24.2. The molecule has 0 saturated heterocycles. The standard InChI is InChI=1S/C28H49N7O5/c1-21(2)19-23(20-36)32-27(38)25(16-12-18-31-28(30)34-35(39)40)33-26(37)24(22-13-9-10-14-22)15-8-6-4-3-5-7-11-17-29/h20-25H,3-16,18-19H2,1-2H3,(H,32,38)(H,33,37)(H3,30,31,34)/t23?,24?,25-/m0/s1. The van der Waals surface area contributed by atoms with Gasteiger partial charge in [0, 0.05) is 18.9 Å². The summed E-state index contributed by atoms with van der Waals surface area (Å²) in [5.74, 6) is -0.553. The Morgan fingerprint density at radius 1 is 1.05 bits per heavy atom. The molecule has 1 saturated carbocycles. The van der Waals surface area contributed by atoms with Gasteiger partial charge in [-0.3, -0.25) is 9.59 Å². The van der Waals surface area contributed by atoms with Crippen LogP contribution in [0.4, 0.5) is 0 Å². The lowest BCUT2D eigenvalue weighted by Gasteiger charge is -2.27. The first-order chi connectivity index (χ1) is 19.2. The SMILES string of the molecule is CC(C)CC(C=O)NC(=O)[C@H](CCCN/C(N)=N/[N+](=O)[O-])NC(=O)C(CCCCCCCCC#N)C1CCCC1. The normalized spacial score (nSPS) is 16.1. The van der Waals surface area contributed by atoms with Crippen LogP contribution in [-0.2, 0) is 14.4 Å². The summed E-state index contributed by atoms with van der Waals surface area (Å²) >= 11 is 0. The molecule has 1 fully saturated rings. The van der Waals surface area contributed by atoms with Crippen LogP contribution in [0.5, 0.6) is 0 Å². The average molecular weight is 564 g/mol. The van der Waals surface area contributed by atoms with Crippen molar-refractivity contribution >= 4 is 24.1 Å². The minimum Gasteiger partial charge on any atom is -0.365 e. The maximum absolute atomic E-state index is 13.6. The van der Waals surface area contributed by atoms with E-state index in [4.69, 9.17) is 11.0 Å². The second kappa shape index (κ2) is 20.6. The quantitative estimate of drug-likeness (QED) is 0.0407. The maximum Gasteiger partial charge on any atom is 0.266 e. The molecule has 2 amide bonds. The lowest BCUT2D eigenvalue weighted by molar-refractivity contribution is -0.485. The Morgan fingerprint density at radius 2 is 1.70 bits per heavy atom. The molecule has 0 spiro atoms. The van der Waals surface area contributed by atoms with E-state index in [1.54, 1.807) is 0 Å². The number of hydrogen-bond donors (Lipinski definition) is 4. The molecule has 0 aromatic carbocycles. The summed E-state index contributed by atoms with van der Waals surface area (Å²) < 4.78 is 0. The van der Waals surface area contributed by atoms with Gasteiger partial charge in [0.1, 0.15) is 17.4 Å². The molecule has 0 bridgehead atoms. The van der Waals surface area contributed by atoms with E-state index in [2.05, 4.69) is 27.1 Å². The van der Waals surface area contributed by atoms with Crippen LogP contribution in [0.25, 0.3) is 0 Å². The second-order valence-electron chi connectivity index (χ2n) is 11.2. The second-order valence-corrected chi connectivity index (χ2v) is 11.2. The monoisotopic (exact) mass is 563 g/mol. The first-order valence-corrected chi connectivity index (χ1v) is 14.8. The van der Waals surface area contributed by atoms with Crippen LogP contribution in [0.15, 0.2) is 5.10 Å². The van der Waals surface area contributed by atoms with Gasteiger partial charge < -0.3 is 26.5 Å². The van der Waals surface area contributed by atoms with Crippen LogP contribution >= 0.6 is 0 Å². The van der Waals surface area contributed by atoms with Crippen molar-refractivity contribution in [3.8, 4) is 6.07 Å². The fourth-order valence-corrected chi connectivity index (χ4v) is 5.35. The zero-order valence-corrected chi connectivity index (χ0v) is 24.2. The predicted octanol–water partition coefficient (Wildman–Crippen LogP) is 3.53. The molecular weight excluding hydrogens is 514 g/mol. The molecule has 0 heterocycles. The molecule has 1 aliphatic rings. The molecule has 2 unspecified atom stereocenters. The number of carbonyl (C=O) groups excluding carboxylic acids is 3. The highest BCUT2D eigenvalue weighted by atomic mass is 16.7. The largest absolute Gasteiger partial charge is 0.365 e. The molecule has 1 rings (SSSR count). The topological polar surface area (TPSA) is 193 Å². The molecule has 12 nitrogen and oxygen atoms in total. The Bertz CT molecular complexity index is 852. The van der Waals surface area contributed by atoms with Crippen molar-refractivity contribution in [1.29, 1.82) is 5.26 Å². The summed E-state index contributed by atoms with van der Waals surface area (Å²) in [5, 5.41) is 29.6. The summed E-state index contributed by atoms with van der Waals surface area (Å²) in [5.41, 5.74) is 5.47. The van der Waals surface area contributed by atoms with E-state index in [1.807, 2.05) is 13.8 Å². The van der Waals surface area contributed by atoms with Gasteiger partial charge in [0.2, 0.25) is 11.8 Å².